The van der Waals surface area contributed by atoms with Crippen molar-refractivity contribution in [2.45, 2.75) is 212 Å². The highest BCUT2D eigenvalue weighted by molar-refractivity contribution is 7.29. The summed E-state index contributed by atoms with van der Waals surface area (Å²) < 4.78 is 39.6. The Kier molecular flexibility index (Phi) is 25.1. The fourth-order valence-electron chi connectivity index (χ4n) is 19.9. The third-order valence-electron chi connectivity index (χ3n) is 26.2. The molecule has 0 saturated heterocycles. The van der Waals surface area contributed by atoms with Crippen molar-refractivity contribution in [3.05, 3.63) is 326 Å². The summed E-state index contributed by atoms with van der Waals surface area (Å²) in [4.78, 5) is 43.6. The predicted molar refractivity (Wildman–Crippen MR) is 510 cm³/mol. The van der Waals surface area contributed by atoms with Crippen molar-refractivity contribution in [3.8, 4) is 43.1 Å². The van der Waals surface area contributed by atoms with Crippen molar-refractivity contribution in [3.63, 3.8) is 0 Å². The van der Waals surface area contributed by atoms with Crippen molar-refractivity contribution in [1.82, 2.24) is 0 Å². The lowest BCUT2D eigenvalue weighted by molar-refractivity contribution is 0.103. The van der Waals surface area contributed by atoms with Crippen LogP contribution >= 0.6 is 45.3 Å². The molecule has 14 heteroatoms. The fourth-order valence-corrected chi connectivity index (χ4v) is 25.2. The van der Waals surface area contributed by atoms with Gasteiger partial charge >= 0.3 is 0 Å². The number of hydrogen-bond acceptors (Lipinski definition) is 10. The van der Waals surface area contributed by atoms with Crippen LogP contribution in [0.5, 0.6) is 11.5 Å². The van der Waals surface area contributed by atoms with Crippen LogP contribution in [-0.4, -0.2) is 23.3 Å². The Balaban J connectivity index is 0.963. The molecule has 4 aliphatic carbocycles. The lowest BCUT2D eigenvalue weighted by Crippen LogP contribution is -2.29. The molecule has 0 spiro atoms. The van der Waals surface area contributed by atoms with Gasteiger partial charge < -0.3 is 9.84 Å². The molecule has 0 saturated carbocycles. The van der Waals surface area contributed by atoms with Gasteiger partial charge in [-0.05, 0) is 207 Å². The summed E-state index contributed by atoms with van der Waals surface area (Å²) in [7, 11) is 0. The van der Waals surface area contributed by atoms with E-state index < -0.39 is 28.2 Å². The van der Waals surface area contributed by atoms with Gasteiger partial charge in [0.15, 0.2) is 23.2 Å². The van der Waals surface area contributed by atoms with Crippen LogP contribution in [0.25, 0.3) is 94.2 Å². The Morgan fingerprint density at radius 2 is 0.766 bits per heavy atom. The number of carbonyl (C=O) groups is 2. The molecule has 17 rings (SSSR count). The number of ketones is 2. The van der Waals surface area contributed by atoms with Crippen molar-refractivity contribution in [2.24, 2.45) is 0 Å². The lowest BCUT2D eigenvalue weighted by Gasteiger charge is -2.34. The van der Waals surface area contributed by atoms with E-state index >= 15 is 18.4 Å². The molecular formula is C110H100F2N4O4S4. The number of unbranched alkanes of at least 4 members (excludes halogenated alkanes) is 17. The normalized spacial score (nSPS) is 15.3. The van der Waals surface area contributed by atoms with Crippen LogP contribution in [0.2, 0.25) is 0 Å². The van der Waals surface area contributed by atoms with E-state index in [-0.39, 0.29) is 39.6 Å². The van der Waals surface area contributed by atoms with Crippen LogP contribution < -0.4 is 4.74 Å². The van der Waals surface area contributed by atoms with Gasteiger partial charge in [-0.2, -0.15) is 0 Å². The number of carbonyl (C=O) groups excluding carboxylic acids is 2. The molecule has 0 atom stereocenters. The highest BCUT2D eigenvalue weighted by Crippen LogP contribution is 2.71. The second kappa shape index (κ2) is 36.8. The summed E-state index contributed by atoms with van der Waals surface area (Å²) in [6.07, 6.45) is 31.4. The number of ether oxygens (including phenoxy) is 1. The number of allylic oxidation sites excluding steroid dienone is 6. The minimum Gasteiger partial charge on any atom is -0.506 e. The number of fused-ring (bicyclic) bond motifs is 14. The first-order chi connectivity index (χ1) is 60.7. The number of aromatic hydroxyl groups is 1. The minimum absolute atomic E-state index is 0.128. The van der Waals surface area contributed by atoms with E-state index in [0.29, 0.717) is 65.9 Å². The molecule has 0 aliphatic heterocycles. The van der Waals surface area contributed by atoms with Crippen LogP contribution in [0.4, 0.5) is 8.78 Å². The zero-order valence-corrected chi connectivity index (χ0v) is 74.5. The number of rotatable bonds is 34. The molecule has 0 amide bonds. The van der Waals surface area contributed by atoms with Crippen LogP contribution in [-0.2, 0) is 36.5 Å². The lowest BCUT2D eigenvalue weighted by atomic mass is 9.66. The van der Waals surface area contributed by atoms with Gasteiger partial charge in [-0.1, -0.05) is 265 Å². The molecule has 0 radical (unpaired) electrons. The standard InChI is InChI=1S/C110H100F2N4O4S4/c1-8-13-18-23-24-31-54-120-102-96-98-108(104-88(110(98,77-50-42-69(43-51-77)34-27-21-16-11-4)78-52-44-70(45-53-78)35-28-22-17-12-5)64-80(122-104)62-86-94(92(66-114)116-7)82-57-73-59-89(111)90(112)60-74(73)58-84(82)100(86)118)123-105(96)101(119)95-97-107(124-106(95)102)103-87(63-79(121-103)61-85-93(91(65-113)115-6)81-55-71-36-29-30-37-72(71)56-83(81)99(85)117)109(97,75-46-38-67(39-47-75)32-25-19-14-9-2)76-48-40-68(41-49-76)33-26-20-15-10-3/h29-30,36-53,55-64,119H,8-28,31-35,54H2,1-5H3/b85-61-,86-62-,93-91?,94-92+. The van der Waals surface area contributed by atoms with E-state index in [1.165, 1.54) is 39.7 Å². The maximum absolute atomic E-state index is 15.4. The molecule has 124 heavy (non-hydrogen) atoms. The Bertz CT molecular complexity index is 6550. The van der Waals surface area contributed by atoms with E-state index in [2.05, 4.69) is 166 Å². The number of aryl methyl sites for hydroxylation is 4. The number of nitriles is 2. The number of benzene rings is 9. The largest absolute Gasteiger partial charge is 0.506 e. The summed E-state index contributed by atoms with van der Waals surface area (Å²) in [5, 5.41) is 40.4. The van der Waals surface area contributed by atoms with Crippen LogP contribution in [0, 0.1) is 47.4 Å². The Hall–Kier alpha value is -11.5. The number of phenols is 1. The summed E-state index contributed by atoms with van der Waals surface area (Å²) in [5.41, 5.74) is 12.5. The van der Waals surface area contributed by atoms with Gasteiger partial charge in [0.1, 0.15) is 11.5 Å². The third kappa shape index (κ3) is 15.1. The average Bonchev–Trinajstić information content (AvgIpc) is 1.49. The summed E-state index contributed by atoms with van der Waals surface area (Å²) >= 11 is 6.33. The van der Waals surface area contributed by atoms with Crippen molar-refractivity contribution in [2.75, 3.05) is 6.61 Å². The molecule has 0 bridgehead atoms. The summed E-state index contributed by atoms with van der Waals surface area (Å²) in [6.45, 7) is 28.4. The third-order valence-corrected chi connectivity index (χ3v) is 31.1. The highest BCUT2D eigenvalue weighted by Gasteiger charge is 2.55. The zero-order chi connectivity index (χ0) is 85.9. The van der Waals surface area contributed by atoms with Gasteiger partial charge in [0.05, 0.1) is 71.6 Å². The second-order valence-electron chi connectivity index (χ2n) is 34.1. The number of nitrogens with zero attached hydrogens (tertiary/aromatic N) is 4. The van der Waals surface area contributed by atoms with E-state index in [4.69, 9.17) is 17.9 Å². The van der Waals surface area contributed by atoms with Gasteiger partial charge in [-0.3, -0.25) is 9.59 Å². The topological polar surface area (TPSA) is 120 Å². The van der Waals surface area contributed by atoms with Crippen molar-refractivity contribution in [1.29, 1.82) is 10.5 Å². The number of halogens is 2. The van der Waals surface area contributed by atoms with Crippen molar-refractivity contribution >= 4 is 122 Å². The van der Waals surface area contributed by atoms with E-state index in [0.717, 1.165) is 269 Å². The molecule has 4 aromatic heterocycles. The summed E-state index contributed by atoms with van der Waals surface area (Å²) in [6, 6.07) is 62.5. The molecule has 13 aromatic rings. The molecule has 4 heterocycles. The van der Waals surface area contributed by atoms with Crippen LogP contribution in [0.1, 0.15) is 284 Å². The molecule has 8 nitrogen and oxygen atoms in total. The summed E-state index contributed by atoms with van der Waals surface area (Å²) in [5.74, 6) is -1.99. The average molecular weight is 1710 g/mol. The number of Topliss-reactive ketones (excluding diaryl/α,β-unsaturated/α-hetero) is 2. The van der Waals surface area contributed by atoms with E-state index in [1.807, 2.05) is 42.5 Å². The number of thiophene rings is 4. The number of phenolic OH excluding ortho intramolecular Hbond substituents is 1. The first-order valence-corrected chi connectivity index (χ1v) is 48.1. The Morgan fingerprint density at radius 3 is 1.15 bits per heavy atom. The van der Waals surface area contributed by atoms with Crippen LogP contribution in [0.15, 0.2) is 192 Å². The van der Waals surface area contributed by atoms with Crippen molar-refractivity contribution < 1.29 is 28.2 Å². The van der Waals surface area contributed by atoms with Gasteiger partial charge in [0, 0.05) is 65.1 Å². The molecule has 4 aliphatic rings. The molecule has 9 aromatic carbocycles. The fraction of sp³-hybridized carbons (Fsp3) is 0.309. The number of hydrogen-bond donors (Lipinski definition) is 1. The Morgan fingerprint density at radius 1 is 0.419 bits per heavy atom. The Labute approximate surface area is 742 Å². The second-order valence-corrected chi connectivity index (χ2v) is 38.3. The van der Waals surface area contributed by atoms with E-state index in [9.17, 15) is 15.6 Å². The molecule has 622 valence electrons. The molecule has 0 unspecified atom stereocenters. The first-order valence-electron chi connectivity index (χ1n) is 44.8. The first kappa shape index (κ1) is 84.7. The smallest absolute Gasteiger partial charge is 0.270 e. The van der Waals surface area contributed by atoms with Crippen LogP contribution in [0.3, 0.4) is 0 Å². The van der Waals surface area contributed by atoms with Gasteiger partial charge in [0.25, 0.3) is 11.4 Å². The minimum atomic E-state index is -1.13. The quantitative estimate of drug-likeness (QED) is 0.0186. The SMILES string of the molecule is [C-]#[N+]C(C#N)=C1/C(=C/c2cc3c(s2)-c2sc4c(OCCCCCCCC)c5c6c(sc5c(O)c4c2C3(c2ccc(CCCCCC)cc2)c2ccc(CCCCCC)cc2)-c2sc(/C=C3\C(=O)c4cc5cc(F)c(F)cc5cc4\C3=C(\C#N)[N+]#[C-])cc2C6(c2ccc(CCCCCC)cc2)c2ccc(CCCCCC)cc2)C(=O)c2cc3ccccc3cc21. The maximum Gasteiger partial charge on any atom is 0.270 e. The molecule has 1 N–H and O–H groups in total. The molecule has 0 fully saturated rings. The van der Waals surface area contributed by atoms with Gasteiger partial charge in [0.2, 0.25) is 0 Å². The van der Waals surface area contributed by atoms with E-state index in [1.54, 1.807) is 46.2 Å². The van der Waals surface area contributed by atoms with Gasteiger partial charge in [-0.15, -0.1) is 45.3 Å². The highest BCUT2D eigenvalue weighted by atomic mass is 32.1. The monoisotopic (exact) mass is 1710 g/mol. The maximum atomic E-state index is 15.4. The molecular weight excluding hydrogens is 1610 g/mol. The zero-order valence-electron chi connectivity index (χ0n) is 71.3. The van der Waals surface area contributed by atoms with Gasteiger partial charge in [-0.25, -0.2) is 29.0 Å². The predicted octanol–water partition coefficient (Wildman–Crippen LogP) is 31.4.